The molecular formula is C12H16BrNO. The van der Waals surface area contributed by atoms with Gasteiger partial charge in [-0.3, -0.25) is 0 Å². The van der Waals surface area contributed by atoms with Crippen LogP contribution in [-0.2, 0) is 0 Å². The molecule has 2 nitrogen and oxygen atoms in total. The maximum atomic E-state index is 5.18. The fourth-order valence-electron chi connectivity index (χ4n) is 1.26. The summed E-state index contributed by atoms with van der Waals surface area (Å²) < 4.78 is 6.20. The maximum absolute atomic E-state index is 5.18. The Balaban J connectivity index is 2.52. The Morgan fingerprint density at radius 3 is 2.93 bits per heavy atom. The molecule has 15 heavy (non-hydrogen) atoms. The number of nitrogens with one attached hydrogen (secondary N) is 1. The minimum absolute atomic E-state index is 0.857. The molecule has 1 aromatic carbocycles. The fraction of sp³-hybridized carbons (Fsp3) is 0.333. The maximum Gasteiger partial charge on any atom is 0.122 e. The predicted octanol–water partition coefficient (Wildman–Crippen LogP) is 3.84. The normalized spacial score (nSPS) is 9.73. The molecule has 0 atom stereocenters. The van der Waals surface area contributed by atoms with E-state index in [0.29, 0.717) is 0 Å². The van der Waals surface area contributed by atoms with Gasteiger partial charge in [-0.25, -0.2) is 0 Å². The van der Waals surface area contributed by atoms with E-state index in [9.17, 15) is 0 Å². The number of rotatable bonds is 6. The molecule has 1 N–H and O–H groups in total. The van der Waals surface area contributed by atoms with Gasteiger partial charge in [0.1, 0.15) is 5.75 Å². The lowest BCUT2D eigenvalue weighted by Gasteiger charge is -2.08. The van der Waals surface area contributed by atoms with Crippen molar-refractivity contribution in [2.45, 2.75) is 12.8 Å². The summed E-state index contributed by atoms with van der Waals surface area (Å²) in [6.07, 6.45) is 4.07. The fourth-order valence-corrected chi connectivity index (χ4v) is 1.73. The first kappa shape index (κ1) is 12.1. The van der Waals surface area contributed by atoms with E-state index in [1.54, 1.807) is 7.11 Å². The third-order valence-corrected chi connectivity index (χ3v) is 2.48. The Morgan fingerprint density at radius 2 is 2.27 bits per heavy atom. The quantitative estimate of drug-likeness (QED) is 0.626. The number of ether oxygens (including phenoxy) is 1. The van der Waals surface area contributed by atoms with Crippen LogP contribution in [0.2, 0.25) is 0 Å². The van der Waals surface area contributed by atoms with Crippen molar-refractivity contribution in [3.63, 3.8) is 0 Å². The van der Waals surface area contributed by atoms with Crippen LogP contribution in [0, 0.1) is 0 Å². The topological polar surface area (TPSA) is 21.3 Å². The van der Waals surface area contributed by atoms with Gasteiger partial charge in [-0.2, -0.15) is 0 Å². The number of allylic oxidation sites excluding steroid dienone is 1. The van der Waals surface area contributed by atoms with Crippen LogP contribution in [0.1, 0.15) is 12.8 Å². The zero-order valence-electron chi connectivity index (χ0n) is 8.92. The zero-order valence-corrected chi connectivity index (χ0v) is 10.5. The van der Waals surface area contributed by atoms with Crippen LogP contribution >= 0.6 is 15.9 Å². The molecule has 0 amide bonds. The van der Waals surface area contributed by atoms with Gasteiger partial charge in [-0.05, 0) is 25.0 Å². The summed E-state index contributed by atoms with van der Waals surface area (Å²) in [6.45, 7) is 4.64. The number of benzene rings is 1. The highest BCUT2D eigenvalue weighted by molar-refractivity contribution is 9.10. The summed E-state index contributed by atoms with van der Waals surface area (Å²) in [4.78, 5) is 0. The van der Waals surface area contributed by atoms with Crippen LogP contribution in [0.4, 0.5) is 5.69 Å². The molecule has 0 radical (unpaired) electrons. The van der Waals surface area contributed by atoms with Gasteiger partial charge < -0.3 is 10.1 Å². The Bertz CT molecular complexity index is 325. The summed E-state index contributed by atoms with van der Waals surface area (Å²) in [5.41, 5.74) is 1.07. The molecule has 3 heteroatoms. The molecule has 0 aromatic heterocycles. The van der Waals surface area contributed by atoms with Crippen LogP contribution in [0.3, 0.4) is 0 Å². The molecular weight excluding hydrogens is 254 g/mol. The van der Waals surface area contributed by atoms with E-state index in [1.165, 1.54) is 0 Å². The Hall–Kier alpha value is -0.960. The molecule has 0 fully saturated rings. The first-order valence-electron chi connectivity index (χ1n) is 4.95. The monoisotopic (exact) mass is 269 g/mol. The van der Waals surface area contributed by atoms with Crippen molar-refractivity contribution >= 4 is 21.6 Å². The average molecular weight is 270 g/mol. The lowest BCUT2D eigenvalue weighted by Crippen LogP contribution is -2.01. The second kappa shape index (κ2) is 6.51. The third-order valence-electron chi connectivity index (χ3n) is 2.02. The molecule has 0 bridgehead atoms. The first-order chi connectivity index (χ1) is 7.26. The van der Waals surface area contributed by atoms with E-state index in [-0.39, 0.29) is 0 Å². The zero-order chi connectivity index (χ0) is 11.1. The molecule has 1 rings (SSSR count). The van der Waals surface area contributed by atoms with E-state index >= 15 is 0 Å². The molecule has 1 aromatic rings. The summed E-state index contributed by atoms with van der Waals surface area (Å²) in [5.74, 6) is 0.857. The molecule has 0 aliphatic carbocycles. The van der Waals surface area contributed by atoms with Gasteiger partial charge in [0.25, 0.3) is 0 Å². The minimum atomic E-state index is 0.857. The smallest absolute Gasteiger partial charge is 0.122 e. The number of anilines is 1. The van der Waals surface area contributed by atoms with Crippen LogP contribution in [-0.4, -0.2) is 13.7 Å². The third kappa shape index (κ3) is 4.38. The molecule has 82 valence electrons. The number of hydrogen-bond acceptors (Lipinski definition) is 2. The lowest BCUT2D eigenvalue weighted by atomic mass is 10.2. The average Bonchev–Trinajstić information content (AvgIpc) is 2.23. The Morgan fingerprint density at radius 1 is 1.47 bits per heavy atom. The van der Waals surface area contributed by atoms with E-state index in [2.05, 4.69) is 27.8 Å². The summed E-state index contributed by atoms with van der Waals surface area (Å²) in [5, 5.41) is 3.34. The minimum Gasteiger partial charge on any atom is -0.497 e. The molecule has 0 spiro atoms. The van der Waals surface area contributed by atoms with Gasteiger partial charge in [0.2, 0.25) is 0 Å². The number of methoxy groups -OCH3 is 1. The molecule has 0 saturated heterocycles. The van der Waals surface area contributed by atoms with Gasteiger partial charge in [0.15, 0.2) is 0 Å². The van der Waals surface area contributed by atoms with Gasteiger partial charge in [-0.1, -0.05) is 22.0 Å². The highest BCUT2D eigenvalue weighted by atomic mass is 79.9. The van der Waals surface area contributed by atoms with E-state index in [4.69, 9.17) is 4.74 Å². The highest BCUT2D eigenvalue weighted by Gasteiger charge is 1.98. The van der Waals surface area contributed by atoms with Crippen molar-refractivity contribution in [1.29, 1.82) is 0 Å². The van der Waals surface area contributed by atoms with Crippen LogP contribution < -0.4 is 10.1 Å². The van der Waals surface area contributed by atoms with Crippen molar-refractivity contribution in [2.75, 3.05) is 19.0 Å². The highest BCUT2D eigenvalue weighted by Crippen LogP contribution is 2.24. The largest absolute Gasteiger partial charge is 0.497 e. The van der Waals surface area contributed by atoms with Crippen molar-refractivity contribution in [2.24, 2.45) is 0 Å². The van der Waals surface area contributed by atoms with Crippen LogP contribution in [0.15, 0.2) is 35.3 Å². The second-order valence-corrected chi connectivity index (χ2v) is 4.15. The summed E-state index contributed by atoms with van der Waals surface area (Å²) in [6, 6.07) is 5.96. The van der Waals surface area contributed by atoms with Crippen LogP contribution in [0.25, 0.3) is 0 Å². The van der Waals surface area contributed by atoms with E-state index in [1.807, 2.05) is 24.3 Å². The van der Waals surface area contributed by atoms with Gasteiger partial charge in [0, 0.05) is 22.8 Å². The number of unbranched alkanes of at least 4 members (excludes halogenated alkanes) is 1. The summed E-state index contributed by atoms with van der Waals surface area (Å²) >= 11 is 3.44. The van der Waals surface area contributed by atoms with Gasteiger partial charge in [-0.15, -0.1) is 6.58 Å². The first-order valence-corrected chi connectivity index (χ1v) is 5.75. The Labute approximate surface area is 99.5 Å². The van der Waals surface area contributed by atoms with Crippen molar-refractivity contribution in [1.82, 2.24) is 0 Å². The molecule has 0 aliphatic rings. The standard InChI is InChI=1S/C12H16BrNO/c1-3-4-5-6-14-11-7-10(13)8-12(9-11)15-2/h3,7-9,14H,1,4-6H2,2H3. The number of hydrogen-bond donors (Lipinski definition) is 1. The van der Waals surface area contributed by atoms with E-state index < -0.39 is 0 Å². The molecule has 0 unspecified atom stereocenters. The number of halogens is 1. The molecule has 0 heterocycles. The lowest BCUT2D eigenvalue weighted by molar-refractivity contribution is 0.414. The van der Waals surface area contributed by atoms with Gasteiger partial charge in [0.05, 0.1) is 7.11 Å². The Kier molecular flexibility index (Phi) is 5.26. The summed E-state index contributed by atoms with van der Waals surface area (Å²) in [7, 11) is 1.67. The van der Waals surface area contributed by atoms with Crippen molar-refractivity contribution < 1.29 is 4.74 Å². The van der Waals surface area contributed by atoms with Crippen LogP contribution in [0.5, 0.6) is 5.75 Å². The second-order valence-electron chi connectivity index (χ2n) is 3.24. The van der Waals surface area contributed by atoms with E-state index in [0.717, 1.165) is 35.3 Å². The van der Waals surface area contributed by atoms with Crippen molar-refractivity contribution in [3.05, 3.63) is 35.3 Å². The molecule has 0 saturated carbocycles. The molecule has 0 aliphatic heterocycles. The predicted molar refractivity (Wildman–Crippen MR) is 68.6 cm³/mol. The van der Waals surface area contributed by atoms with Crippen molar-refractivity contribution in [3.8, 4) is 5.75 Å². The SMILES string of the molecule is C=CCCCNc1cc(Br)cc(OC)c1. The van der Waals surface area contributed by atoms with Gasteiger partial charge >= 0.3 is 0 Å².